The molecule has 0 bridgehead atoms. The Balaban J connectivity index is 2.05. The first-order chi connectivity index (χ1) is 10.4. The minimum Gasteiger partial charge on any atom is -0.0628 e. The first-order valence-electron chi connectivity index (χ1n) is 7.39. The molecule has 103 valence electrons. The third-order valence-electron chi connectivity index (χ3n) is 3.90. The molecule has 0 heterocycles. The number of benzene rings is 3. The van der Waals surface area contributed by atoms with E-state index in [-0.39, 0.29) is 0 Å². The lowest BCUT2D eigenvalue weighted by atomic mass is 10.2. The van der Waals surface area contributed by atoms with Crippen LogP contribution in [0.2, 0.25) is 0 Å². The third kappa shape index (κ3) is 3.14. The molecule has 21 heavy (non-hydrogen) atoms. The van der Waals surface area contributed by atoms with Gasteiger partial charge in [0.1, 0.15) is 8.80 Å². The zero-order chi connectivity index (χ0) is 14.5. The Kier molecular flexibility index (Phi) is 4.32. The minimum atomic E-state index is -0.830. The highest BCUT2D eigenvalue weighted by molar-refractivity contribution is 6.86. The predicted octanol–water partition coefficient (Wildman–Crippen LogP) is 3.64. The molecule has 1 radical (unpaired) electrons. The first kappa shape index (κ1) is 13.8. The van der Waals surface area contributed by atoms with E-state index in [4.69, 9.17) is 0 Å². The van der Waals surface area contributed by atoms with Gasteiger partial charge in [0, 0.05) is 0 Å². The van der Waals surface area contributed by atoms with E-state index in [9.17, 15) is 0 Å². The van der Waals surface area contributed by atoms with Crippen molar-refractivity contribution >= 4 is 19.2 Å². The average Bonchev–Trinajstić information content (AvgIpc) is 2.58. The van der Waals surface area contributed by atoms with Gasteiger partial charge in [-0.2, -0.15) is 0 Å². The molecule has 0 spiro atoms. The second kappa shape index (κ2) is 6.55. The summed E-state index contributed by atoms with van der Waals surface area (Å²) in [5, 5.41) is 2.95. The lowest BCUT2D eigenvalue weighted by Crippen LogP contribution is -2.46. The lowest BCUT2D eigenvalue weighted by molar-refractivity contribution is 1.06. The van der Waals surface area contributed by atoms with Gasteiger partial charge in [0.15, 0.2) is 0 Å². The van der Waals surface area contributed by atoms with Crippen LogP contribution in [0.1, 0.15) is 18.0 Å². The largest absolute Gasteiger partial charge is 0.128 e. The van der Waals surface area contributed by atoms with Gasteiger partial charge < -0.3 is 0 Å². The smallest absolute Gasteiger partial charge is 0.0628 e. The van der Waals surface area contributed by atoms with Crippen LogP contribution in [0, 0.1) is 0 Å². The summed E-state index contributed by atoms with van der Waals surface area (Å²) in [5.74, 6) is 0. The zero-order valence-electron chi connectivity index (χ0n) is 12.2. The van der Waals surface area contributed by atoms with Crippen LogP contribution in [0.25, 0.3) is 0 Å². The second-order valence-corrected chi connectivity index (χ2v) is 8.13. The van der Waals surface area contributed by atoms with Gasteiger partial charge in [0.25, 0.3) is 0 Å². The quantitative estimate of drug-likeness (QED) is 0.643. The number of hydrogen-bond acceptors (Lipinski definition) is 0. The molecule has 0 N–H and O–H groups in total. The van der Waals surface area contributed by atoms with Crippen molar-refractivity contribution < 1.29 is 0 Å². The van der Waals surface area contributed by atoms with Crippen molar-refractivity contribution in [3.63, 3.8) is 0 Å². The maximum absolute atomic E-state index is 2.36. The van der Waals surface area contributed by atoms with Crippen LogP contribution in [-0.2, 0) is 0 Å². The van der Waals surface area contributed by atoms with Crippen molar-refractivity contribution in [1.82, 2.24) is 0 Å². The van der Waals surface area contributed by atoms with E-state index in [1.54, 1.807) is 0 Å². The standard InChI is InChI=1S/C20H19Si/c1-17(18-11-5-2-6-12-18)21(19-13-7-3-8-14-19)20-15-9-4-10-16-20/h2-17H,1H3/t17-/m0/s1. The highest BCUT2D eigenvalue weighted by atomic mass is 28.3. The third-order valence-corrected chi connectivity index (χ3v) is 7.01. The molecule has 3 rings (SSSR count). The number of hydrogen-bond donors (Lipinski definition) is 0. The lowest BCUT2D eigenvalue weighted by Gasteiger charge is -2.23. The summed E-state index contributed by atoms with van der Waals surface area (Å²) in [6, 6.07) is 32.8. The summed E-state index contributed by atoms with van der Waals surface area (Å²) in [5.41, 5.74) is 1.97. The summed E-state index contributed by atoms with van der Waals surface area (Å²) >= 11 is 0. The van der Waals surface area contributed by atoms with Crippen LogP contribution in [-0.4, -0.2) is 8.80 Å². The molecule has 0 saturated heterocycles. The van der Waals surface area contributed by atoms with Crippen molar-refractivity contribution in [1.29, 1.82) is 0 Å². The molecule has 3 aromatic carbocycles. The fourth-order valence-corrected chi connectivity index (χ4v) is 5.77. The van der Waals surface area contributed by atoms with E-state index < -0.39 is 8.80 Å². The maximum atomic E-state index is 2.36. The van der Waals surface area contributed by atoms with Crippen molar-refractivity contribution in [2.45, 2.75) is 12.5 Å². The number of rotatable bonds is 4. The van der Waals surface area contributed by atoms with Gasteiger partial charge in [-0.3, -0.25) is 0 Å². The minimum absolute atomic E-state index is 0.543. The van der Waals surface area contributed by atoms with Crippen LogP contribution in [0.15, 0.2) is 91.0 Å². The van der Waals surface area contributed by atoms with E-state index in [0.29, 0.717) is 5.54 Å². The van der Waals surface area contributed by atoms with Gasteiger partial charge in [-0.05, 0) is 11.1 Å². The molecular formula is C20H19Si. The Morgan fingerprint density at radius 1 is 0.571 bits per heavy atom. The van der Waals surface area contributed by atoms with Gasteiger partial charge in [-0.25, -0.2) is 0 Å². The van der Waals surface area contributed by atoms with Crippen LogP contribution in [0.4, 0.5) is 0 Å². The van der Waals surface area contributed by atoms with Gasteiger partial charge in [0.2, 0.25) is 0 Å². The molecule has 1 atom stereocenters. The topological polar surface area (TPSA) is 0 Å². The Hall–Kier alpha value is -2.12. The molecule has 0 aromatic heterocycles. The Morgan fingerprint density at radius 3 is 1.38 bits per heavy atom. The second-order valence-electron chi connectivity index (χ2n) is 5.28. The molecule has 0 saturated carbocycles. The van der Waals surface area contributed by atoms with Crippen molar-refractivity contribution in [2.75, 3.05) is 0 Å². The first-order valence-corrected chi connectivity index (χ1v) is 8.96. The fraction of sp³-hybridized carbons (Fsp3) is 0.100. The summed E-state index contributed by atoms with van der Waals surface area (Å²) in [4.78, 5) is 0. The average molecular weight is 287 g/mol. The predicted molar refractivity (Wildman–Crippen MR) is 92.8 cm³/mol. The molecular weight excluding hydrogens is 268 g/mol. The summed E-state index contributed by atoms with van der Waals surface area (Å²) in [6.45, 7) is 2.36. The van der Waals surface area contributed by atoms with Crippen molar-refractivity contribution in [2.24, 2.45) is 0 Å². The van der Waals surface area contributed by atoms with Gasteiger partial charge in [0.05, 0.1) is 0 Å². The van der Waals surface area contributed by atoms with E-state index in [1.165, 1.54) is 15.9 Å². The molecule has 1 heteroatoms. The maximum Gasteiger partial charge on any atom is 0.128 e. The van der Waals surface area contributed by atoms with Crippen LogP contribution >= 0.6 is 0 Å². The zero-order valence-corrected chi connectivity index (χ0v) is 13.2. The summed E-state index contributed by atoms with van der Waals surface area (Å²) in [7, 11) is -0.830. The molecule has 0 aliphatic carbocycles. The Labute approximate surface area is 128 Å². The molecule has 0 aliphatic heterocycles. The van der Waals surface area contributed by atoms with Gasteiger partial charge >= 0.3 is 0 Å². The monoisotopic (exact) mass is 287 g/mol. The van der Waals surface area contributed by atoms with Crippen LogP contribution in [0.3, 0.4) is 0 Å². The molecule has 0 amide bonds. The van der Waals surface area contributed by atoms with E-state index in [2.05, 4.69) is 97.9 Å². The van der Waals surface area contributed by atoms with Crippen LogP contribution < -0.4 is 10.4 Å². The normalized spacial score (nSPS) is 12.3. The fourth-order valence-electron chi connectivity index (χ4n) is 2.81. The molecule has 0 aliphatic rings. The van der Waals surface area contributed by atoms with E-state index in [1.807, 2.05) is 0 Å². The van der Waals surface area contributed by atoms with Crippen molar-refractivity contribution in [3.05, 3.63) is 96.6 Å². The van der Waals surface area contributed by atoms with Gasteiger partial charge in [-0.1, -0.05) is 108 Å². The van der Waals surface area contributed by atoms with Crippen molar-refractivity contribution in [3.8, 4) is 0 Å². The molecule has 0 unspecified atom stereocenters. The molecule has 0 nitrogen and oxygen atoms in total. The Bertz CT molecular complexity index is 622. The Morgan fingerprint density at radius 2 is 0.952 bits per heavy atom. The van der Waals surface area contributed by atoms with E-state index in [0.717, 1.165) is 0 Å². The summed E-state index contributed by atoms with van der Waals surface area (Å²) < 4.78 is 0. The molecule has 3 aromatic rings. The summed E-state index contributed by atoms with van der Waals surface area (Å²) in [6.07, 6.45) is 0. The van der Waals surface area contributed by atoms with Crippen LogP contribution in [0.5, 0.6) is 0 Å². The highest BCUT2D eigenvalue weighted by Gasteiger charge is 2.24. The SMILES string of the molecule is C[C@@H](c1ccccc1)[Si](c1ccccc1)c1ccccc1. The highest BCUT2D eigenvalue weighted by Crippen LogP contribution is 2.18. The van der Waals surface area contributed by atoms with E-state index >= 15 is 0 Å². The molecule has 0 fully saturated rings. The van der Waals surface area contributed by atoms with Gasteiger partial charge in [-0.15, -0.1) is 0 Å².